The van der Waals surface area contributed by atoms with E-state index >= 15 is 0 Å². The molecule has 1 N–H and O–H groups in total. The van der Waals surface area contributed by atoms with Crippen molar-refractivity contribution in [2.75, 3.05) is 5.32 Å². The Bertz CT molecular complexity index is 1210. The monoisotopic (exact) mass is 438 g/mol. The number of fused-ring (bicyclic) bond motifs is 1. The maximum absolute atomic E-state index is 12.6. The summed E-state index contributed by atoms with van der Waals surface area (Å²) in [5.74, 6) is -0.757. The van der Waals surface area contributed by atoms with Gasteiger partial charge in [0.05, 0.1) is 11.1 Å². The molecule has 3 aromatic rings. The van der Waals surface area contributed by atoms with Gasteiger partial charge >= 0.3 is 5.63 Å². The molecule has 1 heterocycles. The lowest BCUT2D eigenvalue weighted by Crippen LogP contribution is -2.43. The molecular weight excluding hydrogens is 412 g/mol. The Labute approximate surface area is 181 Å². The number of Topliss-reactive ketones (excluding diaryl/α,β-unsaturated/α-hetero) is 1. The van der Waals surface area contributed by atoms with Crippen LogP contribution in [0.3, 0.4) is 0 Å². The van der Waals surface area contributed by atoms with E-state index < -0.39 is 25.6 Å². The third-order valence-electron chi connectivity index (χ3n) is 5.65. The minimum Gasteiger partial charge on any atom is -0.544 e. The van der Waals surface area contributed by atoms with Gasteiger partial charge in [-0.05, 0) is 67.5 Å². The molecule has 31 heavy (non-hydrogen) atoms. The van der Waals surface area contributed by atoms with E-state index in [0.717, 1.165) is 0 Å². The number of rotatable bonds is 5. The maximum atomic E-state index is 12.6. The second-order valence-electron chi connectivity index (χ2n) is 8.99. The number of benzene rings is 2. The molecule has 0 spiro atoms. The number of carbonyl (C=O) groups is 2. The van der Waals surface area contributed by atoms with Crippen molar-refractivity contribution in [2.45, 2.75) is 45.8 Å². The van der Waals surface area contributed by atoms with E-state index in [2.05, 4.69) is 44.3 Å². The largest absolute Gasteiger partial charge is 0.544 e. The van der Waals surface area contributed by atoms with Crippen LogP contribution < -0.4 is 15.4 Å². The fraction of sp³-hybridized carbons (Fsp3) is 0.304. The van der Waals surface area contributed by atoms with Gasteiger partial charge in [-0.15, -0.1) is 0 Å². The quantitative estimate of drug-likeness (QED) is 0.352. The summed E-state index contributed by atoms with van der Waals surface area (Å²) in [5.41, 5.74) is 0.600. The number of hydrogen-bond donors (Lipinski definition) is 1. The number of carbonyl (C=O) groups excluding carboxylic acids is 2. The molecule has 0 aliphatic carbocycles. The zero-order chi connectivity index (χ0) is 23.0. The van der Waals surface area contributed by atoms with Gasteiger partial charge in [-0.2, -0.15) is 0 Å². The van der Waals surface area contributed by atoms with Crippen LogP contribution in [0.5, 0.6) is 5.75 Å². The SMILES string of the molecule is Cc1noc(=O)c2ccc(NC(=O)C(=O)c3ccc(O[Si](C)(C)C(C)(C)C)cc3)cc12. The van der Waals surface area contributed by atoms with Crippen molar-refractivity contribution in [3.63, 3.8) is 0 Å². The number of hydrogen-bond acceptors (Lipinski definition) is 6. The van der Waals surface area contributed by atoms with Gasteiger partial charge in [-0.1, -0.05) is 25.9 Å². The van der Waals surface area contributed by atoms with E-state index in [1.54, 1.807) is 43.3 Å². The van der Waals surface area contributed by atoms with Crippen LogP contribution in [0.1, 0.15) is 36.8 Å². The molecule has 7 nitrogen and oxygen atoms in total. The predicted molar refractivity (Wildman–Crippen MR) is 122 cm³/mol. The average molecular weight is 439 g/mol. The molecule has 0 saturated carbocycles. The molecule has 0 radical (unpaired) electrons. The first-order valence-electron chi connectivity index (χ1n) is 9.94. The van der Waals surface area contributed by atoms with Crippen LogP contribution in [0.4, 0.5) is 5.69 Å². The summed E-state index contributed by atoms with van der Waals surface area (Å²) in [5, 5.41) is 7.22. The number of ketones is 1. The minimum absolute atomic E-state index is 0.0516. The molecule has 3 rings (SSSR count). The first-order chi connectivity index (χ1) is 14.4. The van der Waals surface area contributed by atoms with Gasteiger partial charge < -0.3 is 14.3 Å². The molecule has 0 saturated heterocycles. The van der Waals surface area contributed by atoms with Gasteiger partial charge in [0.25, 0.3) is 11.7 Å². The van der Waals surface area contributed by atoms with Crippen LogP contribution in [-0.2, 0) is 4.79 Å². The minimum atomic E-state index is -1.99. The smallest absolute Gasteiger partial charge is 0.366 e. The van der Waals surface area contributed by atoms with E-state index in [0.29, 0.717) is 27.9 Å². The van der Waals surface area contributed by atoms with Crippen molar-refractivity contribution in [2.24, 2.45) is 0 Å². The summed E-state index contributed by atoms with van der Waals surface area (Å²) in [6, 6.07) is 11.3. The molecule has 0 unspecified atom stereocenters. The van der Waals surface area contributed by atoms with Crippen LogP contribution in [0.25, 0.3) is 10.8 Å². The molecule has 1 amide bonds. The lowest BCUT2D eigenvalue weighted by atomic mass is 10.1. The molecule has 0 bridgehead atoms. The molecule has 1 aromatic heterocycles. The first kappa shape index (κ1) is 22.4. The third-order valence-corrected chi connectivity index (χ3v) is 10.0. The summed E-state index contributed by atoms with van der Waals surface area (Å²) in [6.45, 7) is 12.4. The van der Waals surface area contributed by atoms with E-state index in [4.69, 9.17) is 8.95 Å². The van der Waals surface area contributed by atoms with Crippen LogP contribution in [-0.4, -0.2) is 25.2 Å². The topological polar surface area (TPSA) is 98.5 Å². The van der Waals surface area contributed by atoms with Crippen LogP contribution in [0.2, 0.25) is 18.1 Å². The summed E-state index contributed by atoms with van der Waals surface area (Å²) in [7, 11) is -1.99. The zero-order valence-corrected chi connectivity index (χ0v) is 19.5. The summed E-state index contributed by atoms with van der Waals surface area (Å²) < 4.78 is 10.9. The standard InChI is InChI=1S/C23H26N2O5Si/c1-14-19-13-16(9-12-18(19)22(28)29-25-14)24-21(27)20(26)15-7-10-17(11-8-15)30-31(5,6)23(2,3)4/h7-13H,1-6H3,(H,24,27). The Hall–Kier alpha value is -3.26. The van der Waals surface area contributed by atoms with Crippen molar-refractivity contribution >= 4 is 36.5 Å². The highest BCUT2D eigenvalue weighted by Gasteiger charge is 2.39. The highest BCUT2D eigenvalue weighted by molar-refractivity contribution is 6.74. The van der Waals surface area contributed by atoms with Crippen molar-refractivity contribution < 1.29 is 18.5 Å². The van der Waals surface area contributed by atoms with Crippen LogP contribution >= 0.6 is 0 Å². The Morgan fingerprint density at radius 3 is 2.29 bits per heavy atom. The second kappa shape index (κ2) is 8.11. The van der Waals surface area contributed by atoms with Gasteiger partial charge in [-0.25, -0.2) is 4.79 Å². The summed E-state index contributed by atoms with van der Waals surface area (Å²) in [6.07, 6.45) is 0. The fourth-order valence-electron chi connectivity index (χ4n) is 2.75. The van der Waals surface area contributed by atoms with E-state index in [-0.39, 0.29) is 10.6 Å². The van der Waals surface area contributed by atoms with Crippen molar-refractivity contribution in [3.8, 4) is 5.75 Å². The zero-order valence-electron chi connectivity index (χ0n) is 18.5. The number of nitrogens with one attached hydrogen (secondary N) is 1. The van der Waals surface area contributed by atoms with E-state index in [9.17, 15) is 14.4 Å². The van der Waals surface area contributed by atoms with E-state index in [1.165, 1.54) is 6.07 Å². The van der Waals surface area contributed by atoms with Gasteiger partial charge in [0, 0.05) is 16.6 Å². The fourth-order valence-corrected chi connectivity index (χ4v) is 3.78. The number of anilines is 1. The Morgan fingerprint density at radius 1 is 1.03 bits per heavy atom. The van der Waals surface area contributed by atoms with Crippen molar-refractivity contribution in [1.29, 1.82) is 0 Å². The molecular formula is C23H26N2O5Si. The van der Waals surface area contributed by atoms with E-state index in [1.807, 2.05) is 0 Å². The molecule has 0 fully saturated rings. The Balaban J connectivity index is 1.75. The molecule has 0 aliphatic heterocycles. The molecule has 2 aromatic carbocycles. The number of nitrogens with zero attached hydrogens (tertiary/aromatic N) is 1. The summed E-state index contributed by atoms with van der Waals surface area (Å²) >= 11 is 0. The second-order valence-corrected chi connectivity index (χ2v) is 13.7. The number of aromatic nitrogens is 1. The average Bonchev–Trinajstić information content (AvgIpc) is 2.70. The van der Waals surface area contributed by atoms with Crippen LogP contribution in [0, 0.1) is 6.92 Å². The van der Waals surface area contributed by atoms with Crippen molar-refractivity contribution in [3.05, 3.63) is 64.1 Å². The Morgan fingerprint density at radius 2 is 1.68 bits per heavy atom. The predicted octanol–water partition coefficient (Wildman–Crippen LogP) is 4.70. The highest BCUT2D eigenvalue weighted by atomic mass is 28.4. The molecule has 162 valence electrons. The van der Waals surface area contributed by atoms with Gasteiger partial charge in [0.15, 0.2) is 0 Å². The highest BCUT2D eigenvalue weighted by Crippen LogP contribution is 2.37. The van der Waals surface area contributed by atoms with Gasteiger partial charge in [0.1, 0.15) is 5.75 Å². The lowest BCUT2D eigenvalue weighted by molar-refractivity contribution is -0.112. The molecule has 0 aliphatic rings. The van der Waals surface area contributed by atoms with Gasteiger partial charge in [-0.3, -0.25) is 9.59 Å². The normalized spacial score (nSPS) is 11.9. The first-order valence-corrected chi connectivity index (χ1v) is 12.8. The third kappa shape index (κ3) is 4.74. The van der Waals surface area contributed by atoms with Crippen molar-refractivity contribution in [1.82, 2.24) is 5.16 Å². The molecule has 8 heteroatoms. The summed E-state index contributed by atoms with van der Waals surface area (Å²) in [4.78, 5) is 36.8. The number of aryl methyl sites for hydroxylation is 1. The maximum Gasteiger partial charge on any atom is 0.366 e. The lowest BCUT2D eigenvalue weighted by Gasteiger charge is -2.36. The van der Waals surface area contributed by atoms with Crippen LogP contribution in [0.15, 0.2) is 51.8 Å². The number of amides is 1. The molecule has 0 atom stereocenters. The Kier molecular flexibility index (Phi) is 5.86. The van der Waals surface area contributed by atoms with Gasteiger partial charge in [0.2, 0.25) is 8.32 Å².